The molecule has 0 unspecified atom stereocenters. The number of nitrogens with one attached hydrogen (secondary N) is 1. The summed E-state index contributed by atoms with van der Waals surface area (Å²) in [5.74, 6) is 0.0959. The number of hydrogen-bond acceptors (Lipinski definition) is 5. The Hall–Kier alpha value is -4.15. The van der Waals surface area contributed by atoms with Crippen molar-refractivity contribution >= 4 is 29.2 Å². The maximum Gasteiger partial charge on any atom is 0.573 e. The lowest BCUT2D eigenvalue weighted by Gasteiger charge is -2.35. The molecular formula is C25H21F4N5O2. The lowest BCUT2D eigenvalue weighted by Crippen LogP contribution is -2.50. The molecule has 0 spiro atoms. The van der Waals surface area contributed by atoms with Crippen molar-refractivity contribution in [2.75, 3.05) is 36.4 Å². The number of ether oxygens (including phenoxy) is 1. The van der Waals surface area contributed by atoms with Crippen LogP contribution in [0.1, 0.15) is 16.8 Å². The van der Waals surface area contributed by atoms with Crippen LogP contribution in [-0.2, 0) is 6.42 Å². The zero-order valence-corrected chi connectivity index (χ0v) is 18.9. The largest absolute Gasteiger partial charge is 0.573 e. The SMILES string of the molecule is O=C(Nc1ccc(OC(F)(F)F)cc1)N1CCN(c2ncnc3c2C=C(c2ccccc2F)C3)CC1. The molecule has 0 saturated carbocycles. The van der Waals surface area contributed by atoms with Crippen LogP contribution in [0.25, 0.3) is 11.6 Å². The minimum Gasteiger partial charge on any atom is -0.406 e. The van der Waals surface area contributed by atoms with Crippen LogP contribution in [0.2, 0.25) is 0 Å². The van der Waals surface area contributed by atoms with Gasteiger partial charge in [-0.2, -0.15) is 0 Å². The number of benzene rings is 2. The predicted octanol–water partition coefficient (Wildman–Crippen LogP) is 4.97. The molecule has 0 bridgehead atoms. The number of hydrogen-bond donors (Lipinski definition) is 1. The van der Waals surface area contributed by atoms with Gasteiger partial charge < -0.3 is 19.9 Å². The maximum absolute atomic E-state index is 14.3. The molecule has 5 rings (SSSR count). The van der Waals surface area contributed by atoms with Crippen molar-refractivity contribution in [1.82, 2.24) is 14.9 Å². The first kappa shape index (κ1) is 23.6. The lowest BCUT2D eigenvalue weighted by atomic mass is 10.0. The summed E-state index contributed by atoms with van der Waals surface area (Å²) in [4.78, 5) is 25.2. The molecule has 2 aromatic carbocycles. The topological polar surface area (TPSA) is 70.6 Å². The van der Waals surface area contributed by atoms with E-state index in [1.54, 1.807) is 23.1 Å². The molecule has 186 valence electrons. The number of alkyl halides is 3. The van der Waals surface area contributed by atoms with Gasteiger partial charge in [-0.25, -0.2) is 19.2 Å². The fourth-order valence-corrected chi connectivity index (χ4v) is 4.33. The monoisotopic (exact) mass is 499 g/mol. The quantitative estimate of drug-likeness (QED) is 0.514. The summed E-state index contributed by atoms with van der Waals surface area (Å²) in [6.07, 6.45) is -0.837. The van der Waals surface area contributed by atoms with Gasteiger partial charge in [0.15, 0.2) is 0 Å². The van der Waals surface area contributed by atoms with E-state index in [9.17, 15) is 22.4 Å². The van der Waals surface area contributed by atoms with Gasteiger partial charge in [0, 0.05) is 49.4 Å². The van der Waals surface area contributed by atoms with Gasteiger partial charge in [-0.15, -0.1) is 13.2 Å². The van der Waals surface area contributed by atoms with Crippen LogP contribution in [0.5, 0.6) is 5.75 Å². The molecule has 1 aliphatic carbocycles. The number of carbonyl (C=O) groups is 1. The second-order valence-electron chi connectivity index (χ2n) is 8.36. The lowest BCUT2D eigenvalue weighted by molar-refractivity contribution is -0.274. The Morgan fingerprint density at radius 2 is 1.69 bits per heavy atom. The standard InChI is InChI=1S/C25H21F4N5O2/c26-21-4-2-1-3-19(21)16-13-20-22(14-16)30-15-31-23(20)33-9-11-34(12-10-33)24(35)32-17-5-7-18(8-6-17)36-25(27,28)29/h1-8,13,15H,9-12,14H2,(H,32,35). The summed E-state index contributed by atoms with van der Waals surface area (Å²) in [6.45, 7) is 1.89. The van der Waals surface area contributed by atoms with E-state index in [1.807, 2.05) is 6.08 Å². The molecule has 7 nitrogen and oxygen atoms in total. The zero-order valence-electron chi connectivity index (χ0n) is 18.9. The molecule has 2 aliphatic rings. The molecule has 1 N–H and O–H groups in total. The van der Waals surface area contributed by atoms with E-state index < -0.39 is 6.36 Å². The highest BCUT2D eigenvalue weighted by atomic mass is 19.4. The number of nitrogens with zero attached hydrogens (tertiary/aromatic N) is 4. The van der Waals surface area contributed by atoms with Crippen molar-refractivity contribution in [3.8, 4) is 5.75 Å². The minimum atomic E-state index is -4.77. The fourth-order valence-electron chi connectivity index (χ4n) is 4.33. The molecule has 0 radical (unpaired) electrons. The highest BCUT2D eigenvalue weighted by Crippen LogP contribution is 2.36. The van der Waals surface area contributed by atoms with Crippen molar-refractivity contribution in [3.05, 3.63) is 77.5 Å². The van der Waals surface area contributed by atoms with E-state index in [0.717, 1.165) is 34.8 Å². The number of fused-ring (bicyclic) bond motifs is 1. The number of halogens is 4. The maximum atomic E-state index is 14.3. The summed E-state index contributed by atoms with van der Waals surface area (Å²) in [7, 11) is 0. The molecule has 3 aromatic rings. The fraction of sp³-hybridized carbons (Fsp3) is 0.240. The van der Waals surface area contributed by atoms with Crippen molar-refractivity contribution < 1.29 is 27.1 Å². The summed E-state index contributed by atoms with van der Waals surface area (Å²) in [5, 5.41) is 2.69. The van der Waals surface area contributed by atoms with Gasteiger partial charge in [0.2, 0.25) is 0 Å². The van der Waals surface area contributed by atoms with Gasteiger partial charge in [-0.3, -0.25) is 0 Å². The van der Waals surface area contributed by atoms with E-state index in [1.165, 1.54) is 24.5 Å². The van der Waals surface area contributed by atoms with Gasteiger partial charge in [-0.1, -0.05) is 18.2 Å². The number of carbonyl (C=O) groups excluding carboxylic acids is 1. The smallest absolute Gasteiger partial charge is 0.406 e. The molecule has 36 heavy (non-hydrogen) atoms. The number of rotatable bonds is 4. The average molecular weight is 499 g/mol. The third-order valence-electron chi connectivity index (χ3n) is 6.05. The summed E-state index contributed by atoms with van der Waals surface area (Å²) >= 11 is 0. The Balaban J connectivity index is 1.22. The third kappa shape index (κ3) is 5.09. The first-order valence-corrected chi connectivity index (χ1v) is 11.2. The van der Waals surface area contributed by atoms with Crippen LogP contribution in [0.4, 0.5) is 33.9 Å². The predicted molar refractivity (Wildman–Crippen MR) is 126 cm³/mol. The Morgan fingerprint density at radius 1 is 0.972 bits per heavy atom. The van der Waals surface area contributed by atoms with E-state index in [0.29, 0.717) is 43.9 Å². The summed E-state index contributed by atoms with van der Waals surface area (Å²) in [5.41, 5.74) is 3.43. The van der Waals surface area contributed by atoms with E-state index in [4.69, 9.17) is 0 Å². The molecule has 1 aromatic heterocycles. The molecule has 1 aliphatic heterocycles. The average Bonchev–Trinajstić information content (AvgIpc) is 3.29. The summed E-state index contributed by atoms with van der Waals surface area (Å²) < 4.78 is 55.1. The Bertz CT molecular complexity index is 1300. The van der Waals surface area contributed by atoms with Gasteiger partial charge in [0.05, 0.1) is 5.69 Å². The molecular weight excluding hydrogens is 478 g/mol. The minimum absolute atomic E-state index is 0.284. The Morgan fingerprint density at radius 3 is 2.39 bits per heavy atom. The number of piperazine rings is 1. The second-order valence-corrected chi connectivity index (χ2v) is 8.36. The van der Waals surface area contributed by atoms with Crippen molar-refractivity contribution in [2.24, 2.45) is 0 Å². The zero-order chi connectivity index (χ0) is 25.3. The molecule has 2 heterocycles. The van der Waals surface area contributed by atoms with Crippen molar-refractivity contribution in [2.45, 2.75) is 12.8 Å². The third-order valence-corrected chi connectivity index (χ3v) is 6.05. The number of anilines is 2. The van der Waals surface area contributed by atoms with Crippen LogP contribution >= 0.6 is 0 Å². The summed E-state index contributed by atoms with van der Waals surface area (Å²) in [6, 6.07) is 11.2. The van der Waals surface area contributed by atoms with Crippen LogP contribution in [0.15, 0.2) is 54.9 Å². The van der Waals surface area contributed by atoms with Crippen molar-refractivity contribution in [3.63, 3.8) is 0 Å². The van der Waals surface area contributed by atoms with Crippen LogP contribution in [0.3, 0.4) is 0 Å². The number of amides is 2. The first-order valence-electron chi connectivity index (χ1n) is 11.2. The van der Waals surface area contributed by atoms with Gasteiger partial charge >= 0.3 is 12.4 Å². The van der Waals surface area contributed by atoms with Crippen LogP contribution in [-0.4, -0.2) is 53.4 Å². The highest BCUT2D eigenvalue weighted by Gasteiger charge is 2.31. The molecule has 11 heteroatoms. The van der Waals surface area contributed by atoms with Crippen molar-refractivity contribution in [1.29, 1.82) is 0 Å². The van der Waals surface area contributed by atoms with Crippen LogP contribution < -0.4 is 15.0 Å². The van der Waals surface area contributed by atoms with E-state index in [-0.39, 0.29) is 17.6 Å². The molecule has 1 saturated heterocycles. The Labute approximate surface area is 204 Å². The van der Waals surface area contributed by atoms with Crippen LogP contribution in [0, 0.1) is 5.82 Å². The Kier molecular flexibility index (Phi) is 6.21. The highest BCUT2D eigenvalue weighted by molar-refractivity contribution is 5.92. The molecule has 0 atom stereocenters. The van der Waals surface area contributed by atoms with E-state index >= 15 is 0 Å². The normalized spacial score (nSPS) is 15.4. The van der Waals surface area contributed by atoms with Gasteiger partial charge in [0.25, 0.3) is 0 Å². The van der Waals surface area contributed by atoms with E-state index in [2.05, 4.69) is 24.9 Å². The molecule has 1 fully saturated rings. The first-order chi connectivity index (χ1) is 17.3. The number of urea groups is 1. The number of aromatic nitrogens is 2. The van der Waals surface area contributed by atoms with Gasteiger partial charge in [-0.05, 0) is 42.0 Å². The molecule has 2 amide bonds. The number of allylic oxidation sites excluding steroid dienone is 1. The van der Waals surface area contributed by atoms with Gasteiger partial charge in [0.1, 0.15) is 23.7 Å². The second kappa shape index (κ2) is 9.48.